The molecule has 0 bridgehead atoms. The molecule has 0 saturated heterocycles. The van der Waals surface area contributed by atoms with Gasteiger partial charge in [0, 0.05) is 13.2 Å². The van der Waals surface area contributed by atoms with Crippen LogP contribution >= 0.6 is 0 Å². The fourth-order valence-electron chi connectivity index (χ4n) is 0.894. The summed E-state index contributed by atoms with van der Waals surface area (Å²) >= 11 is 0. The zero-order valence-corrected chi connectivity index (χ0v) is 8.60. The van der Waals surface area contributed by atoms with Crippen molar-refractivity contribution in [3.63, 3.8) is 0 Å². The van der Waals surface area contributed by atoms with Crippen LogP contribution in [-0.4, -0.2) is 39.2 Å². The highest BCUT2D eigenvalue weighted by Crippen LogP contribution is 1.98. The summed E-state index contributed by atoms with van der Waals surface area (Å²) in [5.74, 6) is 0.0751. The Morgan fingerprint density at radius 2 is 1.83 bits per heavy atom. The van der Waals surface area contributed by atoms with Gasteiger partial charge in [-0.3, -0.25) is 0 Å². The molecule has 0 radical (unpaired) electrons. The molecule has 0 aromatic heterocycles. The Labute approximate surface area is 74.0 Å². The second-order valence-electron chi connectivity index (χ2n) is 3.10. The van der Waals surface area contributed by atoms with Gasteiger partial charge in [-0.25, -0.2) is 8.42 Å². The summed E-state index contributed by atoms with van der Waals surface area (Å²) in [6.07, 6.45) is -0.256. The maximum atomic E-state index is 11.3. The SMILES string of the molecule is COC(C)CS(=O)(=O)CC(C)N. The molecule has 0 rings (SSSR count). The van der Waals surface area contributed by atoms with Gasteiger partial charge in [-0.2, -0.15) is 0 Å². The molecule has 0 aromatic carbocycles. The smallest absolute Gasteiger partial charge is 0.154 e. The standard InChI is InChI=1S/C7H17NO3S/c1-6(8)4-12(9,10)5-7(2)11-3/h6-7H,4-5,8H2,1-3H3. The predicted molar refractivity (Wildman–Crippen MR) is 48.8 cm³/mol. The van der Waals surface area contributed by atoms with Crippen LogP contribution in [0.3, 0.4) is 0 Å². The highest BCUT2D eigenvalue weighted by molar-refractivity contribution is 7.91. The summed E-state index contributed by atoms with van der Waals surface area (Å²) in [6, 6.07) is -0.306. The molecule has 0 aliphatic carbocycles. The number of nitrogens with two attached hydrogens (primary N) is 1. The van der Waals surface area contributed by atoms with Crippen molar-refractivity contribution < 1.29 is 13.2 Å². The van der Waals surface area contributed by atoms with E-state index in [-0.39, 0.29) is 23.7 Å². The molecule has 2 N–H and O–H groups in total. The zero-order valence-electron chi connectivity index (χ0n) is 7.78. The van der Waals surface area contributed by atoms with Crippen LogP contribution in [0, 0.1) is 0 Å². The van der Waals surface area contributed by atoms with Crippen LogP contribution in [0.2, 0.25) is 0 Å². The quantitative estimate of drug-likeness (QED) is 0.658. The summed E-state index contributed by atoms with van der Waals surface area (Å²) in [7, 11) is -1.55. The first-order chi connectivity index (χ1) is 5.37. The van der Waals surface area contributed by atoms with E-state index in [0.717, 1.165) is 0 Å². The van der Waals surface area contributed by atoms with Crippen molar-refractivity contribution in [3.05, 3.63) is 0 Å². The molecular weight excluding hydrogens is 178 g/mol. The molecule has 74 valence electrons. The van der Waals surface area contributed by atoms with E-state index in [0.29, 0.717) is 0 Å². The molecule has 0 amide bonds. The first-order valence-electron chi connectivity index (χ1n) is 3.86. The largest absolute Gasteiger partial charge is 0.381 e. The molecule has 5 heteroatoms. The van der Waals surface area contributed by atoms with Crippen molar-refractivity contribution in [1.29, 1.82) is 0 Å². The van der Waals surface area contributed by atoms with E-state index in [9.17, 15) is 8.42 Å². The number of sulfone groups is 1. The van der Waals surface area contributed by atoms with E-state index in [1.165, 1.54) is 7.11 Å². The van der Waals surface area contributed by atoms with E-state index >= 15 is 0 Å². The third kappa shape index (κ3) is 5.51. The van der Waals surface area contributed by atoms with Gasteiger partial charge in [0.05, 0.1) is 17.6 Å². The normalized spacial score (nSPS) is 17.3. The highest BCUT2D eigenvalue weighted by Gasteiger charge is 2.16. The average molecular weight is 195 g/mol. The van der Waals surface area contributed by atoms with Crippen molar-refractivity contribution in [2.75, 3.05) is 18.6 Å². The van der Waals surface area contributed by atoms with Crippen molar-refractivity contribution in [2.24, 2.45) is 5.73 Å². The third-order valence-electron chi connectivity index (χ3n) is 1.41. The molecule has 2 atom stereocenters. The van der Waals surface area contributed by atoms with E-state index in [4.69, 9.17) is 10.5 Å². The molecule has 0 saturated carbocycles. The molecule has 0 heterocycles. The van der Waals surface area contributed by atoms with Crippen LogP contribution < -0.4 is 5.73 Å². The lowest BCUT2D eigenvalue weighted by molar-refractivity contribution is 0.136. The number of rotatable bonds is 5. The highest BCUT2D eigenvalue weighted by atomic mass is 32.2. The van der Waals surface area contributed by atoms with Gasteiger partial charge in [-0.05, 0) is 13.8 Å². The van der Waals surface area contributed by atoms with E-state index in [1.807, 2.05) is 0 Å². The van der Waals surface area contributed by atoms with Gasteiger partial charge >= 0.3 is 0 Å². The van der Waals surface area contributed by atoms with Gasteiger partial charge in [0.25, 0.3) is 0 Å². The summed E-state index contributed by atoms with van der Waals surface area (Å²) in [4.78, 5) is 0. The van der Waals surface area contributed by atoms with E-state index < -0.39 is 9.84 Å². The predicted octanol–water partition coefficient (Wildman–Crippen LogP) is -0.217. The minimum Gasteiger partial charge on any atom is -0.381 e. The fraction of sp³-hybridized carbons (Fsp3) is 1.00. The van der Waals surface area contributed by atoms with Gasteiger partial charge in [0.1, 0.15) is 0 Å². The van der Waals surface area contributed by atoms with Crippen molar-refractivity contribution in [2.45, 2.75) is 26.0 Å². The molecular formula is C7H17NO3S. The van der Waals surface area contributed by atoms with E-state index in [1.54, 1.807) is 13.8 Å². The van der Waals surface area contributed by atoms with E-state index in [2.05, 4.69) is 0 Å². The summed E-state index contributed by atoms with van der Waals surface area (Å²) in [5.41, 5.74) is 5.38. The van der Waals surface area contributed by atoms with Gasteiger partial charge in [-0.1, -0.05) is 0 Å². The van der Waals surface area contributed by atoms with Crippen molar-refractivity contribution in [3.8, 4) is 0 Å². The Bertz CT molecular complexity index is 211. The average Bonchev–Trinajstić information content (AvgIpc) is 1.83. The van der Waals surface area contributed by atoms with Crippen LogP contribution in [0.15, 0.2) is 0 Å². The monoisotopic (exact) mass is 195 g/mol. The molecule has 0 aliphatic heterocycles. The van der Waals surface area contributed by atoms with Crippen molar-refractivity contribution in [1.82, 2.24) is 0 Å². The van der Waals surface area contributed by atoms with Gasteiger partial charge < -0.3 is 10.5 Å². The van der Waals surface area contributed by atoms with Crippen LogP contribution in [0.1, 0.15) is 13.8 Å². The molecule has 0 aliphatic rings. The second kappa shape index (κ2) is 4.79. The first kappa shape index (κ1) is 11.9. The molecule has 0 spiro atoms. The van der Waals surface area contributed by atoms with Gasteiger partial charge in [0.2, 0.25) is 0 Å². The third-order valence-corrected chi connectivity index (χ3v) is 3.42. The minimum atomic E-state index is -3.04. The number of hydrogen-bond donors (Lipinski definition) is 1. The Balaban J connectivity index is 4.05. The van der Waals surface area contributed by atoms with Crippen LogP contribution in [0.25, 0.3) is 0 Å². The molecule has 2 unspecified atom stereocenters. The topological polar surface area (TPSA) is 69.4 Å². The van der Waals surface area contributed by atoms with Gasteiger partial charge in [-0.15, -0.1) is 0 Å². The Morgan fingerprint density at radius 1 is 1.33 bits per heavy atom. The number of methoxy groups -OCH3 is 1. The second-order valence-corrected chi connectivity index (χ2v) is 5.25. The van der Waals surface area contributed by atoms with Crippen LogP contribution in [-0.2, 0) is 14.6 Å². The maximum absolute atomic E-state index is 11.3. The van der Waals surface area contributed by atoms with Crippen LogP contribution in [0.4, 0.5) is 0 Å². The molecule has 4 nitrogen and oxygen atoms in total. The first-order valence-corrected chi connectivity index (χ1v) is 5.68. The Kier molecular flexibility index (Phi) is 4.74. The fourth-order valence-corrected chi connectivity index (χ4v) is 2.68. The summed E-state index contributed by atoms with van der Waals surface area (Å²) < 4.78 is 27.3. The maximum Gasteiger partial charge on any atom is 0.154 e. The minimum absolute atomic E-state index is 0.0285. The summed E-state index contributed by atoms with van der Waals surface area (Å²) in [6.45, 7) is 3.40. The number of ether oxygens (including phenoxy) is 1. The zero-order chi connectivity index (χ0) is 9.78. The lowest BCUT2D eigenvalue weighted by Crippen LogP contribution is -2.31. The molecule has 0 aromatic rings. The number of hydrogen-bond acceptors (Lipinski definition) is 4. The van der Waals surface area contributed by atoms with Crippen molar-refractivity contribution >= 4 is 9.84 Å². The van der Waals surface area contributed by atoms with Gasteiger partial charge in [0.15, 0.2) is 9.84 Å². The lowest BCUT2D eigenvalue weighted by Gasteiger charge is -2.11. The molecule has 0 fully saturated rings. The Morgan fingerprint density at radius 3 is 2.17 bits per heavy atom. The summed E-state index contributed by atoms with van der Waals surface area (Å²) in [5, 5.41) is 0. The Hall–Kier alpha value is -0.130. The lowest BCUT2D eigenvalue weighted by atomic mass is 10.4. The molecule has 12 heavy (non-hydrogen) atoms. The van der Waals surface area contributed by atoms with Crippen LogP contribution in [0.5, 0.6) is 0 Å².